The zero-order valence-electron chi connectivity index (χ0n) is 13.9. The molecule has 2 heterocycles. The molecule has 1 aromatic carbocycles. The van der Waals surface area contributed by atoms with Crippen molar-refractivity contribution in [1.29, 1.82) is 0 Å². The number of ketones is 1. The van der Waals surface area contributed by atoms with Gasteiger partial charge in [0.2, 0.25) is 0 Å². The minimum absolute atomic E-state index is 0.0681. The van der Waals surface area contributed by atoms with Gasteiger partial charge in [0.15, 0.2) is 15.6 Å². The van der Waals surface area contributed by atoms with Gasteiger partial charge in [-0.05, 0) is 31.5 Å². The molecule has 8 heteroatoms. The molecule has 0 N–H and O–H groups in total. The summed E-state index contributed by atoms with van der Waals surface area (Å²) in [6.07, 6.45) is 2.66. The van der Waals surface area contributed by atoms with E-state index in [1.165, 1.54) is 35.1 Å². The maximum absolute atomic E-state index is 12.4. The van der Waals surface area contributed by atoms with Gasteiger partial charge in [0, 0.05) is 22.1 Å². The third-order valence-electron chi connectivity index (χ3n) is 3.87. The molecule has 0 atom stereocenters. The van der Waals surface area contributed by atoms with Crippen LogP contribution in [0.1, 0.15) is 20.8 Å². The van der Waals surface area contributed by atoms with Gasteiger partial charge in [-0.15, -0.1) is 11.3 Å². The number of benzene rings is 1. The average molecular weight is 393 g/mol. The molecule has 0 amide bonds. The van der Waals surface area contributed by atoms with Crippen molar-refractivity contribution >= 4 is 48.9 Å². The van der Waals surface area contributed by atoms with Crippen molar-refractivity contribution in [1.82, 2.24) is 9.97 Å². The molecular formula is C17H16N2O3S3. The summed E-state index contributed by atoms with van der Waals surface area (Å²) in [5, 5.41) is 1.81. The summed E-state index contributed by atoms with van der Waals surface area (Å²) >= 11 is 3.00. The number of thioether (sulfide) groups is 1. The predicted octanol–water partition coefficient (Wildman–Crippen LogP) is 3.69. The summed E-state index contributed by atoms with van der Waals surface area (Å²) in [5.74, 6) is 0.167. The Bertz CT molecular complexity index is 1050. The molecule has 0 aliphatic heterocycles. The van der Waals surface area contributed by atoms with Crippen LogP contribution in [0.4, 0.5) is 0 Å². The molecule has 0 saturated heterocycles. The van der Waals surface area contributed by atoms with E-state index < -0.39 is 9.84 Å². The zero-order valence-corrected chi connectivity index (χ0v) is 16.4. The number of rotatable bonds is 5. The van der Waals surface area contributed by atoms with Crippen LogP contribution in [0.15, 0.2) is 40.5 Å². The molecule has 0 fully saturated rings. The van der Waals surface area contributed by atoms with Crippen LogP contribution in [0.2, 0.25) is 0 Å². The van der Waals surface area contributed by atoms with Crippen molar-refractivity contribution in [3.05, 3.63) is 46.6 Å². The van der Waals surface area contributed by atoms with Gasteiger partial charge in [0.1, 0.15) is 16.2 Å². The Hall–Kier alpha value is -1.77. The lowest BCUT2D eigenvalue weighted by molar-refractivity contribution is 0.102. The van der Waals surface area contributed by atoms with Crippen LogP contribution < -0.4 is 0 Å². The van der Waals surface area contributed by atoms with E-state index in [0.29, 0.717) is 5.56 Å². The van der Waals surface area contributed by atoms with Gasteiger partial charge in [-0.3, -0.25) is 4.79 Å². The number of nitrogens with zero attached hydrogens (tertiary/aromatic N) is 2. The summed E-state index contributed by atoms with van der Waals surface area (Å²) in [7, 11) is -3.26. The Balaban J connectivity index is 1.79. The molecule has 3 rings (SSSR count). The van der Waals surface area contributed by atoms with Gasteiger partial charge in [-0.2, -0.15) is 0 Å². The molecular weight excluding hydrogens is 376 g/mol. The second kappa shape index (κ2) is 6.86. The van der Waals surface area contributed by atoms with Gasteiger partial charge < -0.3 is 0 Å². The Labute approximate surface area is 154 Å². The van der Waals surface area contributed by atoms with Gasteiger partial charge in [-0.1, -0.05) is 23.9 Å². The average Bonchev–Trinajstić information content (AvgIpc) is 2.87. The van der Waals surface area contributed by atoms with Gasteiger partial charge >= 0.3 is 0 Å². The second-order valence-corrected chi connectivity index (χ2v) is 9.83. The Morgan fingerprint density at radius 1 is 1.16 bits per heavy atom. The maximum atomic E-state index is 12.4. The molecule has 3 aromatic rings. The van der Waals surface area contributed by atoms with Crippen LogP contribution in [-0.4, -0.2) is 36.2 Å². The summed E-state index contributed by atoms with van der Waals surface area (Å²) < 4.78 is 23.0. The van der Waals surface area contributed by atoms with E-state index in [2.05, 4.69) is 9.97 Å². The molecule has 0 radical (unpaired) electrons. The Morgan fingerprint density at radius 2 is 1.84 bits per heavy atom. The Kier molecular flexibility index (Phi) is 4.95. The van der Waals surface area contributed by atoms with E-state index in [-0.39, 0.29) is 16.4 Å². The molecule has 0 bridgehead atoms. The number of aromatic nitrogens is 2. The maximum Gasteiger partial charge on any atom is 0.175 e. The van der Waals surface area contributed by atoms with Crippen molar-refractivity contribution in [3.63, 3.8) is 0 Å². The van der Waals surface area contributed by atoms with Crippen LogP contribution in [0.3, 0.4) is 0 Å². The first-order chi connectivity index (χ1) is 11.8. The quantitative estimate of drug-likeness (QED) is 0.374. The molecule has 2 aromatic heterocycles. The van der Waals surface area contributed by atoms with E-state index in [1.807, 2.05) is 13.8 Å². The van der Waals surface area contributed by atoms with E-state index in [9.17, 15) is 13.2 Å². The highest BCUT2D eigenvalue weighted by atomic mass is 32.2. The second-order valence-electron chi connectivity index (χ2n) is 5.65. The fourth-order valence-corrected chi connectivity index (χ4v) is 5.01. The number of fused-ring (bicyclic) bond motifs is 1. The van der Waals surface area contributed by atoms with Crippen molar-refractivity contribution in [2.75, 3.05) is 12.0 Å². The third kappa shape index (κ3) is 3.75. The molecule has 0 aliphatic rings. The minimum Gasteiger partial charge on any atom is -0.293 e. The molecule has 0 aliphatic carbocycles. The van der Waals surface area contributed by atoms with Crippen molar-refractivity contribution < 1.29 is 13.2 Å². The lowest BCUT2D eigenvalue weighted by Crippen LogP contribution is -2.04. The van der Waals surface area contributed by atoms with Crippen LogP contribution in [0.5, 0.6) is 0 Å². The number of hydrogen-bond acceptors (Lipinski definition) is 7. The topological polar surface area (TPSA) is 77.0 Å². The SMILES string of the molecule is Cc1sc2ncnc(SCC(=O)c3ccc(S(C)(=O)=O)cc3)c2c1C. The summed E-state index contributed by atoms with van der Waals surface area (Å²) in [6, 6.07) is 6.02. The number of aryl methyl sites for hydroxylation is 2. The molecule has 0 spiro atoms. The summed E-state index contributed by atoms with van der Waals surface area (Å²) in [6.45, 7) is 4.08. The van der Waals surface area contributed by atoms with Crippen molar-refractivity contribution in [2.45, 2.75) is 23.8 Å². The van der Waals surface area contributed by atoms with E-state index in [1.54, 1.807) is 23.5 Å². The van der Waals surface area contributed by atoms with E-state index in [0.717, 1.165) is 27.1 Å². The molecule has 130 valence electrons. The van der Waals surface area contributed by atoms with Crippen molar-refractivity contribution in [3.8, 4) is 0 Å². The van der Waals surface area contributed by atoms with Gasteiger partial charge in [0.25, 0.3) is 0 Å². The van der Waals surface area contributed by atoms with Crippen LogP contribution >= 0.6 is 23.1 Å². The number of carbonyl (C=O) groups excluding carboxylic acids is 1. The first kappa shape index (κ1) is 18.0. The molecule has 25 heavy (non-hydrogen) atoms. The Morgan fingerprint density at radius 3 is 2.48 bits per heavy atom. The highest BCUT2D eigenvalue weighted by Crippen LogP contribution is 2.34. The van der Waals surface area contributed by atoms with E-state index in [4.69, 9.17) is 0 Å². The molecule has 0 unspecified atom stereocenters. The predicted molar refractivity (Wildman–Crippen MR) is 101 cm³/mol. The van der Waals surface area contributed by atoms with Crippen LogP contribution in [0, 0.1) is 13.8 Å². The monoisotopic (exact) mass is 392 g/mol. The number of hydrogen-bond donors (Lipinski definition) is 0. The smallest absolute Gasteiger partial charge is 0.175 e. The highest BCUT2D eigenvalue weighted by Gasteiger charge is 2.15. The van der Waals surface area contributed by atoms with Crippen LogP contribution in [0.25, 0.3) is 10.2 Å². The minimum atomic E-state index is -3.26. The highest BCUT2D eigenvalue weighted by molar-refractivity contribution is 8.00. The standard InChI is InChI=1S/C17H16N2O3S3/c1-10-11(2)24-17-15(10)16(18-9-19-17)23-8-14(20)12-4-6-13(7-5-12)25(3,21)22/h4-7,9H,8H2,1-3H3. The molecule has 0 saturated carbocycles. The van der Waals surface area contributed by atoms with E-state index >= 15 is 0 Å². The number of carbonyl (C=O) groups is 1. The van der Waals surface area contributed by atoms with Crippen LogP contribution in [-0.2, 0) is 9.84 Å². The first-order valence-electron chi connectivity index (χ1n) is 7.44. The summed E-state index contributed by atoms with van der Waals surface area (Å²) in [4.78, 5) is 23.3. The third-order valence-corrected chi connectivity index (χ3v) is 7.11. The molecule has 5 nitrogen and oxygen atoms in total. The van der Waals surface area contributed by atoms with Crippen molar-refractivity contribution in [2.24, 2.45) is 0 Å². The lowest BCUT2D eigenvalue weighted by Gasteiger charge is -2.04. The van der Waals surface area contributed by atoms with Gasteiger partial charge in [-0.25, -0.2) is 18.4 Å². The lowest BCUT2D eigenvalue weighted by atomic mass is 10.1. The zero-order chi connectivity index (χ0) is 18.2. The van der Waals surface area contributed by atoms with Gasteiger partial charge in [0.05, 0.1) is 10.6 Å². The number of thiophene rings is 1. The largest absolute Gasteiger partial charge is 0.293 e. The number of Topliss-reactive ketones (excluding diaryl/α,β-unsaturated/α-hetero) is 1. The summed E-state index contributed by atoms with van der Waals surface area (Å²) in [5.41, 5.74) is 1.64. The first-order valence-corrected chi connectivity index (χ1v) is 11.1. The number of sulfone groups is 1. The fourth-order valence-electron chi connectivity index (χ4n) is 2.36. The fraction of sp³-hybridized carbons (Fsp3) is 0.235. The normalized spacial score (nSPS) is 11.8.